The predicted octanol–water partition coefficient (Wildman–Crippen LogP) is 1.58. The maximum Gasteiger partial charge on any atom is 0.335 e. The number of rotatable bonds is 4. The van der Waals surface area contributed by atoms with E-state index < -0.39 is 5.97 Å². The van der Waals surface area contributed by atoms with Gasteiger partial charge in [0.15, 0.2) is 0 Å². The molecule has 0 saturated heterocycles. The highest BCUT2D eigenvalue weighted by molar-refractivity contribution is 5.92. The van der Waals surface area contributed by atoms with Crippen LogP contribution in [0.4, 0.5) is 0 Å². The van der Waals surface area contributed by atoms with Gasteiger partial charge in [-0.15, -0.1) is 0 Å². The van der Waals surface area contributed by atoms with Gasteiger partial charge < -0.3 is 10.4 Å². The summed E-state index contributed by atoms with van der Waals surface area (Å²) in [5, 5.41) is 20.1. The lowest BCUT2D eigenvalue weighted by atomic mass is 10.1. The van der Waals surface area contributed by atoms with Crippen LogP contribution in [0, 0.1) is 11.3 Å². The van der Waals surface area contributed by atoms with E-state index in [1.165, 1.54) is 30.5 Å². The van der Waals surface area contributed by atoms with Crippen LogP contribution in [0.3, 0.4) is 0 Å². The van der Waals surface area contributed by atoms with Crippen molar-refractivity contribution in [3.63, 3.8) is 0 Å². The highest BCUT2D eigenvalue weighted by Crippen LogP contribution is 2.05. The van der Waals surface area contributed by atoms with Crippen LogP contribution in [0.2, 0.25) is 0 Å². The Labute approximate surface area is 120 Å². The molecule has 0 aliphatic heterocycles. The Hall–Kier alpha value is -3.20. The monoisotopic (exact) mass is 281 g/mol. The van der Waals surface area contributed by atoms with E-state index >= 15 is 0 Å². The van der Waals surface area contributed by atoms with Gasteiger partial charge in [-0.1, -0.05) is 12.1 Å². The van der Waals surface area contributed by atoms with E-state index in [-0.39, 0.29) is 23.7 Å². The van der Waals surface area contributed by atoms with Crippen molar-refractivity contribution in [3.05, 3.63) is 65.0 Å². The third-order valence-corrected chi connectivity index (χ3v) is 2.78. The van der Waals surface area contributed by atoms with Crippen LogP contribution in [-0.2, 0) is 6.54 Å². The van der Waals surface area contributed by atoms with E-state index in [9.17, 15) is 9.59 Å². The van der Waals surface area contributed by atoms with Crippen LogP contribution in [-0.4, -0.2) is 22.0 Å². The fourth-order valence-corrected chi connectivity index (χ4v) is 1.63. The van der Waals surface area contributed by atoms with E-state index in [2.05, 4.69) is 10.3 Å². The molecule has 6 nitrogen and oxygen atoms in total. The average molecular weight is 281 g/mol. The first-order valence-corrected chi connectivity index (χ1v) is 6.07. The van der Waals surface area contributed by atoms with Crippen molar-refractivity contribution in [1.29, 1.82) is 5.26 Å². The van der Waals surface area contributed by atoms with Crippen molar-refractivity contribution in [3.8, 4) is 6.07 Å². The topological polar surface area (TPSA) is 103 Å². The SMILES string of the molecule is N#Cc1ccc(C(=O)NCc2ccc(C(=O)O)cc2)nc1. The molecular formula is C15H11N3O3. The number of hydrogen-bond donors (Lipinski definition) is 2. The summed E-state index contributed by atoms with van der Waals surface area (Å²) in [4.78, 5) is 26.4. The number of hydrogen-bond acceptors (Lipinski definition) is 4. The molecular weight excluding hydrogens is 270 g/mol. The van der Waals surface area contributed by atoms with Crippen molar-refractivity contribution in [2.45, 2.75) is 6.54 Å². The van der Waals surface area contributed by atoms with E-state index in [0.29, 0.717) is 5.56 Å². The minimum absolute atomic E-state index is 0.193. The molecule has 0 aliphatic carbocycles. The highest BCUT2D eigenvalue weighted by atomic mass is 16.4. The van der Waals surface area contributed by atoms with E-state index in [1.807, 2.05) is 6.07 Å². The fourth-order valence-electron chi connectivity index (χ4n) is 1.63. The molecule has 1 aromatic heterocycles. The normalized spacial score (nSPS) is 9.67. The van der Waals surface area contributed by atoms with Gasteiger partial charge in [-0.3, -0.25) is 4.79 Å². The second-order valence-electron chi connectivity index (χ2n) is 4.23. The summed E-state index contributed by atoms with van der Waals surface area (Å²) >= 11 is 0. The first-order chi connectivity index (χ1) is 10.1. The molecule has 2 N–H and O–H groups in total. The molecule has 104 valence electrons. The van der Waals surface area contributed by atoms with Crippen molar-refractivity contribution < 1.29 is 14.7 Å². The number of aromatic nitrogens is 1. The van der Waals surface area contributed by atoms with Gasteiger partial charge in [0.25, 0.3) is 5.91 Å². The zero-order chi connectivity index (χ0) is 15.2. The van der Waals surface area contributed by atoms with Gasteiger partial charge >= 0.3 is 5.97 Å². The van der Waals surface area contributed by atoms with Crippen molar-refractivity contribution in [2.24, 2.45) is 0 Å². The standard InChI is InChI=1S/C15H11N3O3/c16-7-11-3-6-13(17-9-11)14(19)18-8-10-1-4-12(5-2-10)15(20)21/h1-6,9H,8H2,(H,18,19)(H,20,21). The Balaban J connectivity index is 1.97. The summed E-state index contributed by atoms with van der Waals surface area (Å²) in [5.74, 6) is -1.35. The predicted molar refractivity (Wildman–Crippen MR) is 73.5 cm³/mol. The van der Waals surface area contributed by atoms with E-state index in [4.69, 9.17) is 10.4 Å². The smallest absolute Gasteiger partial charge is 0.335 e. The van der Waals surface area contributed by atoms with Crippen LogP contribution >= 0.6 is 0 Å². The first kappa shape index (κ1) is 14.2. The molecule has 1 heterocycles. The van der Waals surface area contributed by atoms with Gasteiger partial charge in [-0.2, -0.15) is 5.26 Å². The maximum absolute atomic E-state index is 11.8. The summed E-state index contributed by atoms with van der Waals surface area (Å²) in [6.45, 7) is 0.264. The number of carbonyl (C=O) groups is 2. The van der Waals surface area contributed by atoms with Crippen molar-refractivity contribution in [1.82, 2.24) is 10.3 Å². The lowest BCUT2D eigenvalue weighted by Gasteiger charge is -2.05. The number of nitriles is 1. The van der Waals surface area contributed by atoms with Gasteiger partial charge in [-0.05, 0) is 29.8 Å². The largest absolute Gasteiger partial charge is 0.478 e. The fraction of sp³-hybridized carbons (Fsp3) is 0.0667. The number of aromatic carboxylic acids is 1. The molecule has 0 fully saturated rings. The number of carbonyl (C=O) groups excluding carboxylic acids is 1. The number of amides is 1. The number of nitrogens with zero attached hydrogens (tertiary/aromatic N) is 2. The Kier molecular flexibility index (Phi) is 4.26. The zero-order valence-electron chi connectivity index (χ0n) is 10.9. The van der Waals surface area contributed by atoms with E-state index in [0.717, 1.165) is 5.56 Å². The molecule has 2 rings (SSSR count). The molecule has 0 unspecified atom stereocenters. The molecule has 1 aromatic carbocycles. The van der Waals surface area contributed by atoms with Crippen LogP contribution in [0.25, 0.3) is 0 Å². The molecule has 21 heavy (non-hydrogen) atoms. The quantitative estimate of drug-likeness (QED) is 0.885. The molecule has 2 aromatic rings. The molecule has 1 amide bonds. The molecule has 0 bridgehead atoms. The lowest BCUT2D eigenvalue weighted by Crippen LogP contribution is -2.23. The lowest BCUT2D eigenvalue weighted by molar-refractivity contribution is 0.0696. The number of carboxylic acids is 1. The van der Waals surface area contributed by atoms with Crippen LogP contribution in [0.15, 0.2) is 42.6 Å². The molecule has 0 radical (unpaired) electrons. The minimum atomic E-state index is -0.993. The Morgan fingerprint density at radius 2 is 1.90 bits per heavy atom. The molecule has 0 aliphatic rings. The zero-order valence-corrected chi connectivity index (χ0v) is 10.9. The highest BCUT2D eigenvalue weighted by Gasteiger charge is 2.07. The van der Waals surface area contributed by atoms with Crippen molar-refractivity contribution >= 4 is 11.9 Å². The second-order valence-corrected chi connectivity index (χ2v) is 4.23. The first-order valence-electron chi connectivity index (χ1n) is 6.07. The summed E-state index contributed by atoms with van der Waals surface area (Å²) in [6.07, 6.45) is 1.33. The van der Waals surface area contributed by atoms with Gasteiger partial charge in [0, 0.05) is 12.7 Å². The number of nitrogens with one attached hydrogen (secondary N) is 1. The van der Waals surface area contributed by atoms with Gasteiger partial charge in [0.1, 0.15) is 11.8 Å². The van der Waals surface area contributed by atoms with Gasteiger partial charge in [-0.25, -0.2) is 9.78 Å². The molecule has 6 heteroatoms. The summed E-state index contributed by atoms with van der Waals surface area (Å²) in [5.41, 5.74) is 1.58. The van der Waals surface area contributed by atoms with Crippen LogP contribution in [0.1, 0.15) is 32.0 Å². The van der Waals surface area contributed by atoms with Gasteiger partial charge in [0.2, 0.25) is 0 Å². The number of carboxylic acid groups (broad SMARTS) is 1. The number of benzene rings is 1. The molecule has 0 spiro atoms. The van der Waals surface area contributed by atoms with E-state index in [1.54, 1.807) is 12.1 Å². The third kappa shape index (κ3) is 3.64. The van der Waals surface area contributed by atoms with Crippen LogP contribution < -0.4 is 5.32 Å². The molecule has 0 saturated carbocycles. The molecule has 0 atom stereocenters. The maximum atomic E-state index is 11.8. The number of pyridine rings is 1. The summed E-state index contributed by atoms with van der Waals surface area (Å²) < 4.78 is 0. The van der Waals surface area contributed by atoms with Crippen molar-refractivity contribution in [2.75, 3.05) is 0 Å². The third-order valence-electron chi connectivity index (χ3n) is 2.78. The summed E-state index contributed by atoms with van der Waals surface area (Å²) in [7, 11) is 0. The summed E-state index contributed by atoms with van der Waals surface area (Å²) in [6, 6.07) is 11.1. The Morgan fingerprint density at radius 3 is 2.43 bits per heavy atom. The van der Waals surface area contributed by atoms with Crippen LogP contribution in [0.5, 0.6) is 0 Å². The minimum Gasteiger partial charge on any atom is -0.478 e. The Morgan fingerprint density at radius 1 is 1.19 bits per heavy atom. The second kappa shape index (κ2) is 6.30. The Bertz CT molecular complexity index is 700. The average Bonchev–Trinajstić information content (AvgIpc) is 2.53. The van der Waals surface area contributed by atoms with Gasteiger partial charge in [0.05, 0.1) is 11.1 Å².